The number of rotatable bonds is 10. The van der Waals surface area contributed by atoms with Crippen molar-refractivity contribution in [2.45, 2.75) is 26.0 Å². The molecule has 3 N–H and O–H groups in total. The van der Waals surface area contributed by atoms with E-state index < -0.39 is 59.8 Å². The van der Waals surface area contributed by atoms with Gasteiger partial charge < -0.3 is 20.7 Å². The van der Waals surface area contributed by atoms with Gasteiger partial charge in [0.2, 0.25) is 0 Å². The maximum Gasteiger partial charge on any atom is 0.414 e. The number of likely N-dealkylation sites (N-methyl/N-ethyl adjacent to an activating group) is 1. The largest absolute Gasteiger partial charge is 0.442 e. The van der Waals surface area contributed by atoms with Crippen molar-refractivity contribution in [2.75, 3.05) is 41.7 Å². The highest BCUT2D eigenvalue weighted by Gasteiger charge is 2.34. The van der Waals surface area contributed by atoms with E-state index in [1.807, 2.05) is 5.32 Å². The Labute approximate surface area is 230 Å². The molecular weight excluding hydrogens is 554 g/mol. The van der Waals surface area contributed by atoms with Gasteiger partial charge in [-0.3, -0.25) is 9.69 Å². The molecule has 3 aromatic rings. The first kappa shape index (κ1) is 29.2. The summed E-state index contributed by atoms with van der Waals surface area (Å²) in [5.74, 6) is -3.56. The molecule has 0 radical (unpaired) electrons. The minimum Gasteiger partial charge on any atom is -0.442 e. The van der Waals surface area contributed by atoms with Gasteiger partial charge in [-0.05, 0) is 31.2 Å². The molecule has 16 heteroatoms. The fraction of sp³-hybridized carbons (Fsp3) is 0.360. The van der Waals surface area contributed by atoms with E-state index in [1.165, 1.54) is 24.1 Å². The van der Waals surface area contributed by atoms with Gasteiger partial charge >= 0.3 is 23.9 Å². The summed E-state index contributed by atoms with van der Waals surface area (Å²) in [5, 5.41) is 1.92. The number of benzene rings is 2. The van der Waals surface area contributed by atoms with Crippen LogP contribution in [0.4, 0.5) is 39.4 Å². The van der Waals surface area contributed by atoms with Gasteiger partial charge in [-0.2, -0.15) is 8.78 Å². The van der Waals surface area contributed by atoms with Gasteiger partial charge in [-0.1, -0.05) is 0 Å². The summed E-state index contributed by atoms with van der Waals surface area (Å²) in [6.45, 7) is 0.988. The molecule has 41 heavy (non-hydrogen) atoms. The lowest BCUT2D eigenvalue weighted by molar-refractivity contribution is -0.132. The molecule has 2 heterocycles. The summed E-state index contributed by atoms with van der Waals surface area (Å²) in [4.78, 5) is 51.3. The number of aromatic nitrogens is 3. The quantitative estimate of drug-likeness (QED) is 0.273. The third-order valence-electron chi connectivity index (χ3n) is 6.56. The van der Waals surface area contributed by atoms with Crippen molar-refractivity contribution in [1.29, 1.82) is 0 Å². The van der Waals surface area contributed by atoms with Gasteiger partial charge in [-0.25, -0.2) is 37.1 Å². The van der Waals surface area contributed by atoms with Crippen molar-refractivity contribution in [1.82, 2.24) is 19.2 Å². The molecule has 220 valence electrons. The second-order valence-electron chi connectivity index (χ2n) is 9.14. The number of nitrogens with zero attached hydrogens (tertiary/aromatic N) is 5. The maximum absolute atomic E-state index is 15.2. The Morgan fingerprint density at radius 1 is 1.10 bits per heavy atom. The van der Waals surface area contributed by atoms with Crippen LogP contribution in [-0.2, 0) is 23.1 Å². The number of nitrogens with two attached hydrogens (primary N) is 1. The molecule has 0 spiro atoms. The summed E-state index contributed by atoms with van der Waals surface area (Å²) in [7, 11) is 1.39. The number of carbonyl (C=O) groups excluding carboxylic acids is 2. The number of hydrogen-bond donors (Lipinski definition) is 2. The molecular formula is C25H27F4N7O5. The average Bonchev–Trinajstić information content (AvgIpc) is 3.40. The van der Waals surface area contributed by atoms with E-state index in [0.29, 0.717) is 11.4 Å². The number of hydrogen-bond acceptors (Lipinski definition) is 7. The molecule has 2 aromatic carbocycles. The highest BCUT2D eigenvalue weighted by Crippen LogP contribution is 2.31. The molecule has 0 aliphatic carbocycles. The summed E-state index contributed by atoms with van der Waals surface area (Å²) < 4.78 is 63.4. The highest BCUT2D eigenvalue weighted by molar-refractivity contribution is 5.90. The van der Waals surface area contributed by atoms with E-state index in [9.17, 15) is 28.0 Å². The van der Waals surface area contributed by atoms with Crippen molar-refractivity contribution in [3.63, 3.8) is 0 Å². The fourth-order valence-corrected chi connectivity index (χ4v) is 4.45. The Balaban J connectivity index is 1.51. The van der Waals surface area contributed by atoms with Crippen molar-refractivity contribution >= 4 is 29.1 Å². The van der Waals surface area contributed by atoms with Crippen LogP contribution in [0.25, 0.3) is 5.69 Å². The number of cyclic esters (lactones) is 1. The van der Waals surface area contributed by atoms with Crippen molar-refractivity contribution < 1.29 is 31.9 Å². The molecule has 0 saturated carbocycles. The van der Waals surface area contributed by atoms with Gasteiger partial charge in [0.1, 0.15) is 11.8 Å². The van der Waals surface area contributed by atoms with Gasteiger partial charge in [0.25, 0.3) is 5.91 Å². The Bertz CT molecular complexity index is 1540. The zero-order valence-corrected chi connectivity index (χ0v) is 22.0. The Morgan fingerprint density at radius 2 is 1.73 bits per heavy atom. The Morgan fingerprint density at radius 3 is 2.32 bits per heavy atom. The van der Waals surface area contributed by atoms with Crippen LogP contribution in [0.3, 0.4) is 0 Å². The molecule has 0 unspecified atom stereocenters. The summed E-state index contributed by atoms with van der Waals surface area (Å²) in [5.41, 5.74) is 4.58. The predicted molar refractivity (Wildman–Crippen MR) is 141 cm³/mol. The van der Waals surface area contributed by atoms with Gasteiger partial charge in [0.15, 0.2) is 11.6 Å². The molecule has 0 bridgehead atoms. The number of nitrogens with one attached hydrogen (secondary N) is 1. The molecule has 2 amide bonds. The second-order valence-corrected chi connectivity index (χ2v) is 9.14. The normalized spacial score (nSPS) is 15.0. The van der Waals surface area contributed by atoms with Crippen molar-refractivity contribution in [3.05, 3.63) is 69.0 Å². The number of alkyl halides is 2. The number of nitrogen functional groups attached to an aromatic ring is 1. The fourth-order valence-electron chi connectivity index (χ4n) is 4.45. The first-order valence-corrected chi connectivity index (χ1v) is 12.5. The minimum absolute atomic E-state index is 0.0553. The lowest BCUT2D eigenvalue weighted by Crippen LogP contribution is -2.37. The monoisotopic (exact) mass is 581 g/mol. The Kier molecular flexibility index (Phi) is 8.39. The van der Waals surface area contributed by atoms with E-state index in [2.05, 4.69) is 0 Å². The lowest BCUT2D eigenvalue weighted by Gasteiger charge is -2.25. The van der Waals surface area contributed by atoms with Crippen LogP contribution in [0.5, 0.6) is 0 Å². The molecule has 1 aliphatic heterocycles. The number of anilines is 3. The van der Waals surface area contributed by atoms with E-state index in [4.69, 9.17) is 10.5 Å². The van der Waals surface area contributed by atoms with E-state index in [-0.39, 0.29) is 31.9 Å². The molecule has 4 rings (SSSR count). The topological polar surface area (TPSA) is 137 Å². The molecule has 1 aliphatic rings. The molecule has 1 fully saturated rings. The van der Waals surface area contributed by atoms with Crippen LogP contribution in [0, 0.1) is 11.6 Å². The molecule has 1 aromatic heterocycles. The predicted octanol–water partition coefficient (Wildman–Crippen LogP) is 1.43. The van der Waals surface area contributed by atoms with Gasteiger partial charge in [0, 0.05) is 38.0 Å². The summed E-state index contributed by atoms with van der Waals surface area (Å²) in [6.07, 6.45) is -5.22. The van der Waals surface area contributed by atoms with E-state index in [0.717, 1.165) is 31.0 Å². The standard InChI is InChI=1S/C25H27F4N7O5/c1-3-33(8-9-35-24(39)36(23(38)32(35)2)15-6-4-14(30)5-7-15)20-18(26)10-16(11-19(20)27)34-13-17(41-25(34)40)12-31-22(37)21(28)29/h4-7,10-11,17,21H,3,8-9,12-13,30H2,1-2H3,(H,31,37)/t17-/m0/s1. The van der Waals surface area contributed by atoms with Crippen LogP contribution < -0.4 is 32.2 Å². The average molecular weight is 582 g/mol. The SMILES string of the molecule is CCN(CCn1c(=O)n(-c2ccc(N)cc2)c(=O)n1C)c1c(F)cc(N2C[C@H](CNC(=O)C(F)F)OC2=O)cc1F. The third kappa shape index (κ3) is 5.90. The number of carbonyl (C=O) groups is 2. The van der Waals surface area contributed by atoms with Crippen LogP contribution in [0.15, 0.2) is 46.0 Å². The lowest BCUT2D eigenvalue weighted by atomic mass is 10.2. The maximum atomic E-state index is 15.2. The van der Waals surface area contributed by atoms with E-state index in [1.54, 1.807) is 19.1 Å². The number of ether oxygens (including phenoxy) is 1. The van der Waals surface area contributed by atoms with Crippen LogP contribution in [0.1, 0.15) is 6.92 Å². The van der Waals surface area contributed by atoms with Crippen LogP contribution in [-0.4, -0.2) is 64.6 Å². The molecule has 12 nitrogen and oxygen atoms in total. The van der Waals surface area contributed by atoms with Crippen LogP contribution >= 0.6 is 0 Å². The van der Waals surface area contributed by atoms with Crippen molar-refractivity contribution in [3.8, 4) is 5.69 Å². The zero-order chi connectivity index (χ0) is 30.0. The Hall–Kier alpha value is -4.76. The van der Waals surface area contributed by atoms with E-state index >= 15 is 8.78 Å². The smallest absolute Gasteiger partial charge is 0.414 e. The van der Waals surface area contributed by atoms with Gasteiger partial charge in [-0.15, -0.1) is 0 Å². The summed E-state index contributed by atoms with van der Waals surface area (Å²) >= 11 is 0. The molecule has 1 atom stereocenters. The van der Waals surface area contributed by atoms with Crippen molar-refractivity contribution in [2.24, 2.45) is 7.05 Å². The molecule has 1 saturated heterocycles. The first-order chi connectivity index (χ1) is 19.4. The van der Waals surface area contributed by atoms with Gasteiger partial charge in [0.05, 0.1) is 31.0 Å². The zero-order valence-electron chi connectivity index (χ0n) is 22.0. The summed E-state index contributed by atoms with van der Waals surface area (Å²) in [6, 6.07) is 7.96. The highest BCUT2D eigenvalue weighted by atomic mass is 19.3. The first-order valence-electron chi connectivity index (χ1n) is 12.5. The third-order valence-corrected chi connectivity index (χ3v) is 6.56. The van der Waals surface area contributed by atoms with Crippen LogP contribution in [0.2, 0.25) is 0 Å². The number of halogens is 4. The second kappa shape index (κ2) is 11.8. The minimum atomic E-state index is -3.24. The number of amides is 2.